The van der Waals surface area contributed by atoms with Gasteiger partial charge in [-0.1, -0.05) is 0 Å². The van der Waals surface area contributed by atoms with E-state index in [1.165, 1.54) is 0 Å². The molecule has 0 radical (unpaired) electrons. The van der Waals surface area contributed by atoms with Gasteiger partial charge in [-0.15, -0.1) is 0 Å². The number of sulfone groups is 1. The average molecular weight is 161 g/mol. The molecule has 0 aromatic heterocycles. The maximum absolute atomic E-state index is 10.1. The van der Waals surface area contributed by atoms with Crippen LogP contribution in [0.4, 0.5) is 0 Å². The van der Waals surface area contributed by atoms with E-state index in [1.807, 2.05) is 0 Å². The van der Waals surface area contributed by atoms with Crippen molar-refractivity contribution in [2.24, 2.45) is 0 Å². The van der Waals surface area contributed by atoms with E-state index in [-0.39, 0.29) is 5.08 Å². The zero-order chi connectivity index (χ0) is 5.91. The normalized spacial score (nSPS) is 11.7. The lowest BCUT2D eigenvalue weighted by molar-refractivity contribution is 0.606. The van der Waals surface area contributed by atoms with Gasteiger partial charge in [-0.3, -0.25) is 0 Å². The van der Waals surface area contributed by atoms with Gasteiger partial charge in [0.15, 0.2) is 9.84 Å². The molecule has 0 bridgehead atoms. The number of rotatable bonds is 2. The molecule has 0 aliphatic carbocycles. The smallest absolute Gasteiger partial charge is 0.157 e. The van der Waals surface area contributed by atoms with E-state index < -0.39 is 9.84 Å². The van der Waals surface area contributed by atoms with Crippen LogP contribution in [0.5, 0.6) is 0 Å². The largest absolute Gasteiger partial charge is 0.228 e. The summed E-state index contributed by atoms with van der Waals surface area (Å²) >= 11 is 0. The Hall–Kier alpha value is 0.590. The molecule has 0 unspecified atom stereocenters. The highest BCUT2D eigenvalue weighted by Crippen LogP contribution is 2.07. The van der Waals surface area contributed by atoms with E-state index in [4.69, 9.17) is 10.7 Å². The molecule has 0 N–H and O–H groups in total. The maximum atomic E-state index is 10.1. The summed E-state index contributed by atoms with van der Waals surface area (Å²) in [6, 6.07) is 0. The molecule has 2 nitrogen and oxygen atoms in total. The Kier molecular flexibility index (Phi) is 3.03. The molecular formula is C2H5ClO2S2. The van der Waals surface area contributed by atoms with Crippen molar-refractivity contribution in [3.63, 3.8) is 0 Å². The molecule has 0 saturated carbocycles. The van der Waals surface area contributed by atoms with Crippen LogP contribution in [0.25, 0.3) is 0 Å². The van der Waals surface area contributed by atoms with Gasteiger partial charge < -0.3 is 0 Å². The Morgan fingerprint density at radius 3 is 2.14 bits per heavy atom. The van der Waals surface area contributed by atoms with Crippen molar-refractivity contribution in [1.82, 2.24) is 0 Å². The third-order valence-electron chi connectivity index (χ3n) is 0.259. The van der Waals surface area contributed by atoms with E-state index in [0.29, 0.717) is 0 Å². The molecule has 0 atom stereocenters. The number of hydrogen-bond acceptors (Lipinski definition) is 3. The summed E-state index contributed by atoms with van der Waals surface area (Å²) in [4.78, 5) is 0. The third-order valence-corrected chi connectivity index (χ3v) is 3.13. The topological polar surface area (TPSA) is 34.1 Å². The molecule has 0 amide bonds. The van der Waals surface area contributed by atoms with Gasteiger partial charge in [0.25, 0.3) is 0 Å². The van der Waals surface area contributed by atoms with E-state index in [1.54, 1.807) is 0 Å². The van der Waals surface area contributed by atoms with E-state index in [9.17, 15) is 8.42 Å². The summed E-state index contributed by atoms with van der Waals surface area (Å²) in [6.07, 6.45) is 1.14. The summed E-state index contributed by atoms with van der Waals surface area (Å²) in [5.41, 5.74) is 0. The van der Waals surface area contributed by atoms with E-state index in [0.717, 1.165) is 17.2 Å². The molecular weight excluding hydrogens is 156 g/mol. The summed E-state index contributed by atoms with van der Waals surface area (Å²) < 4.78 is 20.3. The van der Waals surface area contributed by atoms with Gasteiger partial charge in [0.05, 0.1) is 0 Å². The van der Waals surface area contributed by atoms with E-state index in [2.05, 4.69) is 0 Å². The standard InChI is InChI=1S/C2H5ClO2S2/c1-7(4,5)2-6-3/h2H2,1H3. The van der Waals surface area contributed by atoms with Crippen molar-refractivity contribution < 1.29 is 8.42 Å². The second kappa shape index (κ2) is 2.79. The highest BCUT2D eigenvalue weighted by molar-refractivity contribution is 8.27. The number of halogens is 1. The first-order chi connectivity index (χ1) is 3.06. The fourth-order valence-electron chi connectivity index (χ4n) is 0.0809. The fourth-order valence-corrected chi connectivity index (χ4v) is 2.18. The fraction of sp³-hybridized carbons (Fsp3) is 1.00. The number of hydrogen-bond donors (Lipinski definition) is 0. The lowest BCUT2D eigenvalue weighted by Gasteiger charge is -1.85. The molecule has 0 saturated heterocycles. The minimum Gasteiger partial charge on any atom is -0.228 e. The molecule has 0 aromatic rings. The van der Waals surface area contributed by atoms with Crippen molar-refractivity contribution in [3.05, 3.63) is 0 Å². The quantitative estimate of drug-likeness (QED) is 0.602. The molecule has 44 valence electrons. The van der Waals surface area contributed by atoms with Crippen LogP contribution in [0.15, 0.2) is 0 Å². The first-order valence-electron chi connectivity index (χ1n) is 1.47. The predicted molar refractivity (Wildman–Crippen MR) is 33.2 cm³/mol. The van der Waals surface area contributed by atoms with Crippen LogP contribution < -0.4 is 0 Å². The Morgan fingerprint density at radius 1 is 1.71 bits per heavy atom. The van der Waals surface area contributed by atoms with Crippen LogP contribution in [0.2, 0.25) is 0 Å². The second-order valence-electron chi connectivity index (χ2n) is 1.15. The zero-order valence-electron chi connectivity index (χ0n) is 3.72. The first-order valence-corrected chi connectivity index (χ1v) is 5.35. The lowest BCUT2D eigenvalue weighted by atomic mass is 11.9. The molecule has 0 rings (SSSR count). The Balaban J connectivity index is 3.60. The summed E-state index contributed by atoms with van der Waals surface area (Å²) in [5.74, 6) is 0. The molecule has 5 heteroatoms. The summed E-state index contributed by atoms with van der Waals surface area (Å²) in [7, 11) is 2.97. The van der Waals surface area contributed by atoms with Crippen LogP contribution in [0.3, 0.4) is 0 Å². The van der Waals surface area contributed by atoms with Gasteiger partial charge in [-0.05, 0) is 21.7 Å². The van der Waals surface area contributed by atoms with Crippen LogP contribution >= 0.6 is 21.7 Å². The maximum Gasteiger partial charge on any atom is 0.157 e. The van der Waals surface area contributed by atoms with Crippen molar-refractivity contribution in [1.29, 1.82) is 0 Å². The highest BCUT2D eigenvalue weighted by Gasteiger charge is 1.97. The lowest BCUT2D eigenvalue weighted by Crippen LogP contribution is -1.95. The van der Waals surface area contributed by atoms with Crippen LogP contribution in [-0.2, 0) is 9.84 Å². The van der Waals surface area contributed by atoms with Gasteiger partial charge in [-0.25, -0.2) is 8.42 Å². The minimum atomic E-state index is -2.84. The molecule has 7 heavy (non-hydrogen) atoms. The Morgan fingerprint density at radius 2 is 2.14 bits per heavy atom. The van der Waals surface area contributed by atoms with Crippen molar-refractivity contribution in [2.75, 3.05) is 11.3 Å². The predicted octanol–water partition coefficient (Wildman–Crippen LogP) is 0.876. The van der Waals surface area contributed by atoms with Gasteiger partial charge in [0, 0.05) is 6.26 Å². The van der Waals surface area contributed by atoms with Gasteiger partial charge in [-0.2, -0.15) is 0 Å². The van der Waals surface area contributed by atoms with Crippen LogP contribution in [0, 0.1) is 0 Å². The first kappa shape index (κ1) is 7.59. The van der Waals surface area contributed by atoms with Crippen LogP contribution in [-0.4, -0.2) is 19.8 Å². The van der Waals surface area contributed by atoms with E-state index >= 15 is 0 Å². The van der Waals surface area contributed by atoms with Crippen LogP contribution in [0.1, 0.15) is 0 Å². The molecule has 0 spiro atoms. The Labute approximate surface area is 51.7 Å². The average Bonchev–Trinajstić information content (AvgIpc) is 1.30. The van der Waals surface area contributed by atoms with Gasteiger partial charge in [0.2, 0.25) is 0 Å². The summed E-state index contributed by atoms with van der Waals surface area (Å²) in [5, 5.41) is -0.00540. The monoisotopic (exact) mass is 160 g/mol. The minimum absolute atomic E-state index is 0.00540. The van der Waals surface area contributed by atoms with Gasteiger partial charge >= 0.3 is 0 Å². The SMILES string of the molecule is CS(=O)(=O)CSCl. The zero-order valence-corrected chi connectivity index (χ0v) is 6.11. The highest BCUT2D eigenvalue weighted by atomic mass is 35.7. The molecule has 0 aromatic carbocycles. The molecule has 0 heterocycles. The molecule has 0 aliphatic rings. The van der Waals surface area contributed by atoms with Crippen molar-refractivity contribution in [2.45, 2.75) is 0 Å². The van der Waals surface area contributed by atoms with Crippen molar-refractivity contribution in [3.8, 4) is 0 Å². The Bertz CT molecular complexity index is 127. The van der Waals surface area contributed by atoms with Gasteiger partial charge in [0.1, 0.15) is 5.08 Å². The molecule has 0 fully saturated rings. The second-order valence-corrected chi connectivity index (χ2v) is 4.82. The third kappa shape index (κ3) is 6.59. The molecule has 0 aliphatic heterocycles. The van der Waals surface area contributed by atoms with Crippen molar-refractivity contribution >= 4 is 31.5 Å². The summed E-state index contributed by atoms with van der Waals surface area (Å²) in [6.45, 7) is 0.